The van der Waals surface area contributed by atoms with Crippen LogP contribution in [-0.4, -0.2) is 44.4 Å². The van der Waals surface area contributed by atoms with Crippen LogP contribution in [0, 0.1) is 5.82 Å². The minimum Gasteiger partial charge on any atom is -0.481 e. The first kappa shape index (κ1) is 27.3. The van der Waals surface area contributed by atoms with Crippen LogP contribution < -0.4 is 0 Å². The van der Waals surface area contributed by atoms with E-state index in [-0.39, 0.29) is 18.2 Å². The van der Waals surface area contributed by atoms with Crippen LogP contribution in [0.5, 0.6) is 0 Å². The lowest BCUT2D eigenvalue weighted by Crippen LogP contribution is -2.20. The minimum absolute atomic E-state index is 0.0152. The highest BCUT2D eigenvalue weighted by Crippen LogP contribution is 2.41. The van der Waals surface area contributed by atoms with Gasteiger partial charge in [-0.3, -0.25) is 9.59 Å². The third-order valence-electron chi connectivity index (χ3n) is 6.31. The molecule has 3 rings (SSSR count). The monoisotopic (exact) mass is 495 g/mol. The second kappa shape index (κ2) is 12.6. The Labute approximate surface area is 211 Å². The summed E-state index contributed by atoms with van der Waals surface area (Å²) in [4.78, 5) is 23.1. The van der Waals surface area contributed by atoms with Crippen molar-refractivity contribution in [2.24, 2.45) is 0 Å². The summed E-state index contributed by atoms with van der Waals surface area (Å²) >= 11 is 0. The lowest BCUT2D eigenvalue weighted by molar-refractivity contribution is -0.139. The van der Waals surface area contributed by atoms with Crippen molar-refractivity contribution in [1.82, 2.24) is 4.57 Å². The van der Waals surface area contributed by atoms with Gasteiger partial charge >= 0.3 is 5.97 Å². The Balaban J connectivity index is 1.94. The maximum absolute atomic E-state index is 13.8. The van der Waals surface area contributed by atoms with E-state index >= 15 is 0 Å². The molecule has 0 spiro atoms. The Bertz CT molecular complexity index is 1150. The largest absolute Gasteiger partial charge is 0.481 e. The molecule has 0 bridgehead atoms. The van der Waals surface area contributed by atoms with E-state index in [1.54, 1.807) is 12.1 Å². The Morgan fingerprint density at radius 2 is 1.64 bits per heavy atom. The number of aliphatic hydroxyl groups excluding tert-OH is 2. The van der Waals surface area contributed by atoms with Crippen LogP contribution in [0.2, 0.25) is 0 Å². The molecule has 0 aliphatic rings. The molecule has 192 valence electrons. The van der Waals surface area contributed by atoms with Gasteiger partial charge in [0.15, 0.2) is 6.29 Å². The van der Waals surface area contributed by atoms with Crippen LogP contribution in [0.1, 0.15) is 67.9 Å². The van der Waals surface area contributed by atoms with E-state index in [1.165, 1.54) is 12.1 Å². The summed E-state index contributed by atoms with van der Waals surface area (Å²) in [5.74, 6) is -1.38. The second-order valence-electron chi connectivity index (χ2n) is 9.46. The van der Waals surface area contributed by atoms with E-state index in [4.69, 9.17) is 5.11 Å². The van der Waals surface area contributed by atoms with Crippen molar-refractivity contribution in [3.8, 4) is 22.4 Å². The van der Waals surface area contributed by atoms with Crippen LogP contribution in [0.3, 0.4) is 0 Å². The molecule has 2 atom stereocenters. The molecule has 6 nitrogen and oxygen atoms in total. The number of nitrogens with zero attached hydrogens (tertiary/aromatic N) is 1. The maximum Gasteiger partial charge on any atom is 0.305 e. The van der Waals surface area contributed by atoms with Gasteiger partial charge < -0.3 is 19.9 Å². The first-order valence-corrected chi connectivity index (χ1v) is 12.3. The van der Waals surface area contributed by atoms with Crippen LogP contribution in [0.25, 0.3) is 22.4 Å². The van der Waals surface area contributed by atoms with Gasteiger partial charge in [-0.05, 0) is 67.0 Å². The van der Waals surface area contributed by atoms with Crippen LogP contribution >= 0.6 is 0 Å². The maximum atomic E-state index is 13.8. The molecule has 0 fully saturated rings. The average Bonchev–Trinajstić information content (AvgIpc) is 3.16. The SMILES string of the molecule is CC(C)c1c(C=O)c(-c2ccccc2)c(-c2ccc(F)cc2)n1CCCCC(O)CC(O)CC(=O)O. The Morgan fingerprint density at radius 1 is 0.972 bits per heavy atom. The highest BCUT2D eigenvalue weighted by molar-refractivity contribution is 5.97. The number of aldehydes is 1. The smallest absolute Gasteiger partial charge is 0.305 e. The highest BCUT2D eigenvalue weighted by atomic mass is 19.1. The predicted octanol–water partition coefficient (Wildman–Crippen LogP) is 5.65. The number of carbonyl (C=O) groups is 2. The number of aliphatic carboxylic acids is 1. The Hall–Kier alpha value is -3.29. The summed E-state index contributed by atoms with van der Waals surface area (Å²) in [6.45, 7) is 4.66. The van der Waals surface area contributed by atoms with Crippen LogP contribution in [0.15, 0.2) is 54.6 Å². The molecule has 0 saturated carbocycles. The fourth-order valence-electron chi connectivity index (χ4n) is 4.80. The number of carboxylic acid groups (broad SMARTS) is 1. The summed E-state index contributed by atoms with van der Waals surface area (Å²) in [7, 11) is 0. The van der Waals surface area contributed by atoms with Crippen molar-refractivity contribution >= 4 is 12.3 Å². The first-order chi connectivity index (χ1) is 17.2. The lowest BCUT2D eigenvalue weighted by Gasteiger charge is -2.18. The van der Waals surface area contributed by atoms with Gasteiger partial charge in [-0.2, -0.15) is 0 Å². The normalized spacial score (nSPS) is 13.1. The third kappa shape index (κ3) is 6.68. The van der Waals surface area contributed by atoms with E-state index in [9.17, 15) is 24.2 Å². The molecule has 3 aromatic rings. The van der Waals surface area contributed by atoms with Crippen molar-refractivity contribution in [3.05, 3.63) is 71.7 Å². The van der Waals surface area contributed by atoms with Gasteiger partial charge in [0.05, 0.1) is 24.3 Å². The van der Waals surface area contributed by atoms with Crippen molar-refractivity contribution in [1.29, 1.82) is 0 Å². The summed E-state index contributed by atoms with van der Waals surface area (Å²) in [5.41, 5.74) is 4.90. The van der Waals surface area contributed by atoms with Crippen LogP contribution in [0.4, 0.5) is 4.39 Å². The van der Waals surface area contributed by atoms with Crippen molar-refractivity contribution in [2.75, 3.05) is 0 Å². The Morgan fingerprint density at radius 3 is 2.22 bits per heavy atom. The molecule has 0 amide bonds. The van der Waals surface area contributed by atoms with Gasteiger partial charge in [-0.25, -0.2) is 4.39 Å². The standard InChI is InChI=1S/C29H34FNO5/c1-19(2)28-25(18-32)27(20-8-4-3-5-9-20)29(21-11-13-22(30)14-12-21)31(28)15-7-6-10-23(33)16-24(34)17-26(35)36/h3-5,8-9,11-14,18-19,23-24,33-34H,6-7,10,15-17H2,1-2H3,(H,35,36). The number of hydrogen-bond donors (Lipinski definition) is 3. The number of aliphatic hydroxyl groups is 2. The topological polar surface area (TPSA) is 99.8 Å². The number of carbonyl (C=O) groups excluding carboxylic acids is 1. The molecular formula is C29H34FNO5. The fourth-order valence-corrected chi connectivity index (χ4v) is 4.80. The van der Waals surface area contributed by atoms with Crippen LogP contribution in [-0.2, 0) is 11.3 Å². The van der Waals surface area contributed by atoms with Gasteiger partial charge in [0, 0.05) is 23.4 Å². The molecule has 0 radical (unpaired) electrons. The van der Waals surface area contributed by atoms with E-state index in [2.05, 4.69) is 4.57 Å². The quantitative estimate of drug-likeness (QED) is 0.210. The van der Waals surface area contributed by atoms with Gasteiger partial charge in [-0.1, -0.05) is 44.2 Å². The molecule has 0 aliphatic heterocycles. The first-order valence-electron chi connectivity index (χ1n) is 12.3. The molecule has 1 heterocycles. The molecule has 0 aliphatic carbocycles. The minimum atomic E-state index is -1.10. The zero-order chi connectivity index (χ0) is 26.2. The van der Waals surface area contributed by atoms with Gasteiger partial charge in [0.1, 0.15) is 5.82 Å². The fraction of sp³-hybridized carbons (Fsp3) is 0.379. The second-order valence-corrected chi connectivity index (χ2v) is 9.46. The number of unbranched alkanes of at least 4 members (excludes halogenated alkanes) is 1. The lowest BCUT2D eigenvalue weighted by atomic mass is 9.96. The molecule has 1 aromatic heterocycles. The van der Waals surface area contributed by atoms with E-state index in [0.717, 1.165) is 34.4 Å². The Kier molecular flexibility index (Phi) is 9.56. The molecule has 2 aromatic carbocycles. The van der Waals surface area contributed by atoms with Gasteiger partial charge in [0.2, 0.25) is 0 Å². The van der Waals surface area contributed by atoms with Crippen molar-refractivity contribution < 1.29 is 29.3 Å². The molecule has 7 heteroatoms. The molecular weight excluding hydrogens is 461 g/mol. The summed E-state index contributed by atoms with van der Waals surface area (Å²) in [5, 5.41) is 28.8. The summed E-state index contributed by atoms with van der Waals surface area (Å²) in [6, 6.07) is 16.0. The van der Waals surface area contributed by atoms with Crippen molar-refractivity contribution in [3.63, 3.8) is 0 Å². The molecule has 36 heavy (non-hydrogen) atoms. The predicted molar refractivity (Wildman–Crippen MR) is 137 cm³/mol. The zero-order valence-corrected chi connectivity index (χ0v) is 20.7. The van der Waals surface area contributed by atoms with Crippen molar-refractivity contribution in [2.45, 2.75) is 70.6 Å². The molecule has 3 N–H and O–H groups in total. The number of aromatic nitrogens is 1. The summed E-state index contributed by atoms with van der Waals surface area (Å²) in [6.07, 6.45) is 0.412. The number of carboxylic acids is 1. The number of halogens is 1. The molecule has 2 unspecified atom stereocenters. The van der Waals surface area contributed by atoms with E-state index in [0.29, 0.717) is 31.4 Å². The highest BCUT2D eigenvalue weighted by Gasteiger charge is 2.26. The average molecular weight is 496 g/mol. The van der Waals surface area contributed by atoms with Gasteiger partial charge in [0.25, 0.3) is 0 Å². The zero-order valence-electron chi connectivity index (χ0n) is 20.7. The number of benzene rings is 2. The third-order valence-corrected chi connectivity index (χ3v) is 6.31. The molecule has 0 saturated heterocycles. The number of hydrogen-bond acceptors (Lipinski definition) is 4. The number of rotatable bonds is 13. The van der Waals surface area contributed by atoms with E-state index < -0.39 is 24.6 Å². The summed E-state index contributed by atoms with van der Waals surface area (Å²) < 4.78 is 15.9. The van der Waals surface area contributed by atoms with E-state index in [1.807, 2.05) is 44.2 Å². The van der Waals surface area contributed by atoms with Gasteiger partial charge in [-0.15, -0.1) is 0 Å².